The lowest BCUT2D eigenvalue weighted by atomic mass is 10.0. The third kappa shape index (κ3) is 3.38. The highest BCUT2D eigenvalue weighted by Gasteiger charge is 2.21. The lowest BCUT2D eigenvalue weighted by molar-refractivity contribution is 0.171. The van der Waals surface area contributed by atoms with Crippen molar-refractivity contribution in [2.75, 3.05) is 20.3 Å². The number of aromatic amines is 1. The van der Waals surface area contributed by atoms with E-state index >= 15 is 0 Å². The Bertz CT molecular complexity index is 971. The Morgan fingerprint density at radius 2 is 1.96 bits per heavy atom. The van der Waals surface area contributed by atoms with E-state index < -0.39 is 0 Å². The van der Waals surface area contributed by atoms with Crippen LogP contribution in [0.3, 0.4) is 0 Å². The normalized spacial score (nSPS) is 14.5. The van der Waals surface area contributed by atoms with Crippen molar-refractivity contribution in [1.82, 2.24) is 24.9 Å². The predicted molar refractivity (Wildman–Crippen MR) is 108 cm³/mol. The molecule has 0 radical (unpaired) electrons. The minimum absolute atomic E-state index is 0.243. The first-order valence-corrected chi connectivity index (χ1v) is 9.58. The Labute approximate surface area is 165 Å². The van der Waals surface area contributed by atoms with E-state index in [9.17, 15) is 0 Å². The first kappa shape index (κ1) is 18.6. The summed E-state index contributed by atoms with van der Waals surface area (Å²) in [7, 11) is 4.09. The first-order valence-electron chi connectivity index (χ1n) is 9.58. The summed E-state index contributed by atoms with van der Waals surface area (Å²) in [6.45, 7) is 8.29. The molecule has 3 aromatic rings. The number of H-pyrrole nitrogens is 1. The highest BCUT2D eigenvalue weighted by Crippen LogP contribution is 2.35. The number of hydrogen-bond donors (Lipinski definition) is 1. The number of rotatable bonds is 5. The standard InChI is InChI=1S/C21H27N5O2/c1-13-20(14(2)23-22-13)15(3)25(4)11-17-12-26(5)24-21(17)16-6-7-18-19(10-16)28-9-8-27-18/h6-7,10,12,15H,8-9,11H2,1-5H3,(H,22,23)/t15-/m1/s1. The van der Waals surface area contributed by atoms with Crippen LogP contribution in [0.1, 0.15) is 35.5 Å². The van der Waals surface area contributed by atoms with Crippen LogP contribution in [0.5, 0.6) is 11.5 Å². The highest BCUT2D eigenvalue weighted by molar-refractivity contribution is 5.66. The summed E-state index contributed by atoms with van der Waals surface area (Å²) in [5.41, 5.74) is 6.61. The summed E-state index contributed by atoms with van der Waals surface area (Å²) in [6.07, 6.45) is 2.09. The molecule has 0 unspecified atom stereocenters. The molecular weight excluding hydrogens is 354 g/mol. The van der Waals surface area contributed by atoms with Gasteiger partial charge in [0.05, 0.1) is 11.4 Å². The number of aryl methyl sites for hydroxylation is 3. The molecule has 1 aliphatic rings. The fraction of sp³-hybridized carbons (Fsp3) is 0.429. The number of aromatic nitrogens is 4. The molecule has 1 atom stereocenters. The van der Waals surface area contributed by atoms with Crippen LogP contribution in [0.4, 0.5) is 0 Å². The van der Waals surface area contributed by atoms with Gasteiger partial charge >= 0.3 is 0 Å². The second kappa shape index (κ2) is 7.31. The summed E-state index contributed by atoms with van der Waals surface area (Å²) in [6, 6.07) is 6.28. The van der Waals surface area contributed by atoms with Crippen molar-refractivity contribution in [3.05, 3.63) is 46.9 Å². The molecule has 3 heterocycles. The van der Waals surface area contributed by atoms with Gasteiger partial charge < -0.3 is 9.47 Å². The minimum atomic E-state index is 0.243. The Kier molecular flexibility index (Phi) is 4.85. The Balaban J connectivity index is 1.61. The molecule has 0 saturated heterocycles. The fourth-order valence-corrected chi connectivity index (χ4v) is 3.89. The zero-order valence-corrected chi connectivity index (χ0v) is 17.1. The van der Waals surface area contributed by atoms with Gasteiger partial charge in [0.2, 0.25) is 0 Å². The van der Waals surface area contributed by atoms with E-state index in [1.54, 1.807) is 0 Å². The molecular formula is C21H27N5O2. The molecule has 28 heavy (non-hydrogen) atoms. The average molecular weight is 381 g/mol. The van der Waals surface area contributed by atoms with E-state index in [2.05, 4.69) is 42.2 Å². The molecule has 2 aromatic heterocycles. The lowest BCUT2D eigenvalue weighted by Gasteiger charge is -2.25. The quantitative estimate of drug-likeness (QED) is 0.734. The Hall–Kier alpha value is -2.80. The molecule has 4 rings (SSSR count). The summed E-state index contributed by atoms with van der Waals surface area (Å²) in [5.74, 6) is 1.58. The van der Waals surface area contributed by atoms with Crippen LogP contribution in [0.2, 0.25) is 0 Å². The Morgan fingerprint density at radius 1 is 1.21 bits per heavy atom. The van der Waals surface area contributed by atoms with Crippen LogP contribution in [0, 0.1) is 13.8 Å². The summed E-state index contributed by atoms with van der Waals surface area (Å²) >= 11 is 0. The van der Waals surface area contributed by atoms with Gasteiger partial charge in [-0.15, -0.1) is 0 Å². The van der Waals surface area contributed by atoms with Gasteiger partial charge in [0.25, 0.3) is 0 Å². The van der Waals surface area contributed by atoms with E-state index in [4.69, 9.17) is 14.6 Å². The van der Waals surface area contributed by atoms with E-state index in [0.29, 0.717) is 13.2 Å². The minimum Gasteiger partial charge on any atom is -0.486 e. The van der Waals surface area contributed by atoms with Gasteiger partial charge in [0, 0.05) is 48.2 Å². The van der Waals surface area contributed by atoms with Crippen LogP contribution >= 0.6 is 0 Å². The van der Waals surface area contributed by atoms with Crippen molar-refractivity contribution < 1.29 is 9.47 Å². The number of ether oxygens (including phenoxy) is 2. The van der Waals surface area contributed by atoms with Gasteiger partial charge in [-0.3, -0.25) is 14.7 Å². The van der Waals surface area contributed by atoms with E-state index in [1.807, 2.05) is 36.9 Å². The maximum Gasteiger partial charge on any atom is 0.162 e. The predicted octanol–water partition coefficient (Wildman–Crippen LogP) is 3.39. The van der Waals surface area contributed by atoms with Gasteiger partial charge in [0.15, 0.2) is 11.5 Å². The van der Waals surface area contributed by atoms with Crippen LogP contribution < -0.4 is 9.47 Å². The number of nitrogens with one attached hydrogen (secondary N) is 1. The van der Waals surface area contributed by atoms with Gasteiger partial charge in [-0.05, 0) is 46.0 Å². The molecule has 1 aliphatic heterocycles. The van der Waals surface area contributed by atoms with Crippen molar-refractivity contribution in [1.29, 1.82) is 0 Å². The lowest BCUT2D eigenvalue weighted by Crippen LogP contribution is -2.23. The molecule has 0 bridgehead atoms. The smallest absolute Gasteiger partial charge is 0.162 e. The Morgan fingerprint density at radius 3 is 2.68 bits per heavy atom. The van der Waals surface area contributed by atoms with Crippen LogP contribution in [0.15, 0.2) is 24.4 Å². The van der Waals surface area contributed by atoms with Gasteiger partial charge in [-0.1, -0.05) is 0 Å². The number of hydrogen-bond acceptors (Lipinski definition) is 5. The van der Waals surface area contributed by atoms with Crippen molar-refractivity contribution in [2.45, 2.75) is 33.4 Å². The molecule has 0 saturated carbocycles. The first-order chi connectivity index (χ1) is 13.4. The van der Waals surface area contributed by atoms with E-state index in [-0.39, 0.29) is 6.04 Å². The number of benzene rings is 1. The highest BCUT2D eigenvalue weighted by atomic mass is 16.6. The van der Waals surface area contributed by atoms with Crippen molar-refractivity contribution in [3.63, 3.8) is 0 Å². The molecule has 0 spiro atoms. The van der Waals surface area contributed by atoms with Gasteiger partial charge in [0.1, 0.15) is 13.2 Å². The summed E-state index contributed by atoms with van der Waals surface area (Å²) in [5, 5.41) is 12.1. The molecule has 148 valence electrons. The maximum atomic E-state index is 5.75. The number of fused-ring (bicyclic) bond motifs is 1. The van der Waals surface area contributed by atoms with E-state index in [0.717, 1.165) is 40.7 Å². The SMILES string of the molecule is Cc1n[nH]c(C)c1[C@@H](C)N(C)Cc1cn(C)nc1-c1ccc2c(c1)OCCO2. The molecule has 7 heteroatoms. The van der Waals surface area contributed by atoms with Crippen molar-refractivity contribution in [3.8, 4) is 22.8 Å². The summed E-state index contributed by atoms with van der Waals surface area (Å²) in [4.78, 5) is 2.32. The fourth-order valence-electron chi connectivity index (χ4n) is 3.89. The molecule has 1 aromatic carbocycles. The molecule has 7 nitrogen and oxygen atoms in total. The van der Waals surface area contributed by atoms with Gasteiger partial charge in [-0.2, -0.15) is 10.2 Å². The maximum absolute atomic E-state index is 5.75. The zero-order valence-electron chi connectivity index (χ0n) is 17.1. The largest absolute Gasteiger partial charge is 0.486 e. The second-order valence-corrected chi connectivity index (χ2v) is 7.47. The second-order valence-electron chi connectivity index (χ2n) is 7.47. The molecule has 0 fully saturated rings. The third-order valence-corrected chi connectivity index (χ3v) is 5.40. The van der Waals surface area contributed by atoms with Crippen LogP contribution in [-0.2, 0) is 13.6 Å². The van der Waals surface area contributed by atoms with Crippen molar-refractivity contribution in [2.24, 2.45) is 7.05 Å². The van der Waals surface area contributed by atoms with Crippen LogP contribution in [-0.4, -0.2) is 45.1 Å². The topological polar surface area (TPSA) is 68.2 Å². The third-order valence-electron chi connectivity index (χ3n) is 5.40. The molecule has 0 amide bonds. The monoisotopic (exact) mass is 381 g/mol. The molecule has 1 N–H and O–H groups in total. The number of nitrogens with zero attached hydrogens (tertiary/aromatic N) is 4. The average Bonchev–Trinajstić information content (AvgIpc) is 3.22. The van der Waals surface area contributed by atoms with Gasteiger partial charge in [-0.25, -0.2) is 0 Å². The zero-order chi connectivity index (χ0) is 19.8. The van der Waals surface area contributed by atoms with Crippen molar-refractivity contribution >= 4 is 0 Å². The van der Waals surface area contributed by atoms with E-state index in [1.165, 1.54) is 11.1 Å². The summed E-state index contributed by atoms with van der Waals surface area (Å²) < 4.78 is 13.3. The molecule has 0 aliphatic carbocycles. The van der Waals surface area contributed by atoms with Crippen LogP contribution in [0.25, 0.3) is 11.3 Å².